The van der Waals surface area contributed by atoms with Gasteiger partial charge in [-0.3, -0.25) is 10.1 Å². The molecule has 0 aromatic heterocycles. The van der Waals surface area contributed by atoms with Gasteiger partial charge in [-0.05, 0) is 24.4 Å². The van der Waals surface area contributed by atoms with Crippen molar-refractivity contribution in [2.24, 2.45) is 0 Å². The van der Waals surface area contributed by atoms with Gasteiger partial charge in [0.2, 0.25) is 0 Å². The predicted molar refractivity (Wildman–Crippen MR) is 60.8 cm³/mol. The van der Waals surface area contributed by atoms with Gasteiger partial charge in [-0.1, -0.05) is 11.6 Å². The van der Waals surface area contributed by atoms with Crippen LogP contribution in [0.15, 0.2) is 24.4 Å². The minimum Gasteiger partial charge on any atom is -0.383 e. The number of nitrogens with zero attached hydrogens (tertiary/aromatic N) is 2. The summed E-state index contributed by atoms with van der Waals surface area (Å²) < 4.78 is 0. The Balaban J connectivity index is 3.13. The number of benzene rings is 1. The van der Waals surface area contributed by atoms with E-state index in [2.05, 4.69) is 0 Å². The van der Waals surface area contributed by atoms with Crippen molar-refractivity contribution in [3.8, 4) is 0 Å². The summed E-state index contributed by atoms with van der Waals surface area (Å²) in [7, 11) is 3.68. The largest absolute Gasteiger partial charge is 0.383 e. The highest BCUT2D eigenvalue weighted by Crippen LogP contribution is 2.23. The molecular weight excluding hydrogens is 216 g/mol. The van der Waals surface area contributed by atoms with Gasteiger partial charge in [0.1, 0.15) is 0 Å². The molecule has 0 N–H and O–H groups in total. The van der Waals surface area contributed by atoms with Gasteiger partial charge in [-0.15, -0.1) is 0 Å². The maximum absolute atomic E-state index is 10.7. The summed E-state index contributed by atoms with van der Waals surface area (Å²) >= 11 is 5.77. The molecule has 0 saturated heterocycles. The van der Waals surface area contributed by atoms with E-state index in [9.17, 15) is 10.1 Å². The SMILES string of the molecule is CN(C)C=Cc1cc(Cl)ccc1[N+](=O)[O-]. The third-order valence-corrected chi connectivity index (χ3v) is 1.97. The van der Waals surface area contributed by atoms with E-state index >= 15 is 0 Å². The van der Waals surface area contributed by atoms with Gasteiger partial charge in [0.15, 0.2) is 0 Å². The summed E-state index contributed by atoms with van der Waals surface area (Å²) in [6, 6.07) is 4.48. The number of hydrogen-bond acceptors (Lipinski definition) is 3. The van der Waals surface area contributed by atoms with E-state index in [1.165, 1.54) is 12.1 Å². The number of nitro groups is 1. The number of rotatable bonds is 3. The fourth-order valence-electron chi connectivity index (χ4n) is 1.05. The topological polar surface area (TPSA) is 46.4 Å². The van der Waals surface area contributed by atoms with Crippen molar-refractivity contribution in [1.82, 2.24) is 4.90 Å². The first-order valence-electron chi connectivity index (χ1n) is 4.29. The Morgan fingerprint density at radius 1 is 1.47 bits per heavy atom. The maximum atomic E-state index is 10.7. The van der Waals surface area contributed by atoms with Crippen LogP contribution >= 0.6 is 11.6 Å². The lowest BCUT2D eigenvalue weighted by molar-refractivity contribution is -0.385. The molecule has 0 saturated carbocycles. The highest BCUT2D eigenvalue weighted by Gasteiger charge is 2.10. The van der Waals surface area contributed by atoms with Crippen molar-refractivity contribution in [3.63, 3.8) is 0 Å². The standard InChI is InChI=1S/C10H11ClN2O2/c1-12(2)6-5-8-7-9(11)3-4-10(8)13(14)15/h3-7H,1-2H3. The molecule has 0 atom stereocenters. The Hall–Kier alpha value is -1.55. The Kier molecular flexibility index (Phi) is 3.68. The van der Waals surface area contributed by atoms with E-state index in [-0.39, 0.29) is 5.69 Å². The van der Waals surface area contributed by atoms with E-state index in [1.54, 1.807) is 23.2 Å². The first-order valence-corrected chi connectivity index (χ1v) is 4.67. The normalized spacial score (nSPS) is 10.6. The van der Waals surface area contributed by atoms with Crippen molar-refractivity contribution < 1.29 is 4.92 Å². The second-order valence-corrected chi connectivity index (χ2v) is 3.68. The second kappa shape index (κ2) is 4.79. The summed E-state index contributed by atoms with van der Waals surface area (Å²) in [6.07, 6.45) is 3.39. The fraction of sp³-hybridized carbons (Fsp3) is 0.200. The van der Waals surface area contributed by atoms with Crippen molar-refractivity contribution in [1.29, 1.82) is 0 Å². The van der Waals surface area contributed by atoms with Crippen molar-refractivity contribution >= 4 is 23.4 Å². The predicted octanol–water partition coefficient (Wildman–Crippen LogP) is 2.78. The molecule has 0 aliphatic rings. The molecule has 0 radical (unpaired) electrons. The van der Waals surface area contributed by atoms with Crippen LogP contribution in [0.5, 0.6) is 0 Å². The number of halogens is 1. The van der Waals surface area contributed by atoms with E-state index in [0.717, 1.165) is 0 Å². The lowest BCUT2D eigenvalue weighted by Gasteiger charge is -2.03. The molecule has 0 fully saturated rings. The van der Waals surface area contributed by atoms with Gasteiger partial charge in [0.25, 0.3) is 5.69 Å². The molecule has 80 valence electrons. The van der Waals surface area contributed by atoms with Crippen LogP contribution in [0.25, 0.3) is 6.08 Å². The van der Waals surface area contributed by atoms with Gasteiger partial charge in [0, 0.05) is 25.2 Å². The minimum absolute atomic E-state index is 0.0532. The molecule has 0 unspecified atom stereocenters. The fourth-order valence-corrected chi connectivity index (χ4v) is 1.24. The van der Waals surface area contributed by atoms with Crippen LogP contribution in [-0.2, 0) is 0 Å². The second-order valence-electron chi connectivity index (χ2n) is 3.24. The smallest absolute Gasteiger partial charge is 0.276 e. The molecule has 0 aliphatic carbocycles. The summed E-state index contributed by atoms with van der Waals surface area (Å²) in [5, 5.41) is 11.2. The number of hydrogen-bond donors (Lipinski definition) is 0. The summed E-state index contributed by atoms with van der Waals surface area (Å²) in [4.78, 5) is 12.1. The van der Waals surface area contributed by atoms with Gasteiger partial charge in [-0.25, -0.2) is 0 Å². The zero-order valence-electron chi connectivity index (χ0n) is 8.48. The lowest BCUT2D eigenvalue weighted by atomic mass is 10.2. The van der Waals surface area contributed by atoms with Gasteiger partial charge < -0.3 is 4.90 Å². The first-order chi connectivity index (χ1) is 7.00. The zero-order chi connectivity index (χ0) is 11.4. The molecule has 4 nitrogen and oxygen atoms in total. The van der Waals surface area contributed by atoms with Crippen LogP contribution in [0.3, 0.4) is 0 Å². The molecule has 0 bridgehead atoms. The van der Waals surface area contributed by atoms with Crippen molar-refractivity contribution in [2.45, 2.75) is 0 Å². The van der Waals surface area contributed by atoms with Gasteiger partial charge in [-0.2, -0.15) is 0 Å². The first kappa shape index (κ1) is 11.5. The van der Waals surface area contributed by atoms with E-state index in [1.807, 2.05) is 14.1 Å². The molecule has 5 heteroatoms. The summed E-state index contributed by atoms with van der Waals surface area (Å²) in [5.41, 5.74) is 0.554. The molecular formula is C10H11ClN2O2. The van der Waals surface area contributed by atoms with Crippen LogP contribution in [0, 0.1) is 10.1 Å². The van der Waals surface area contributed by atoms with Crippen LogP contribution in [0.2, 0.25) is 5.02 Å². The molecule has 0 spiro atoms. The molecule has 0 amide bonds. The third kappa shape index (κ3) is 3.25. The third-order valence-electron chi connectivity index (χ3n) is 1.74. The molecule has 15 heavy (non-hydrogen) atoms. The van der Waals surface area contributed by atoms with Crippen LogP contribution in [0.1, 0.15) is 5.56 Å². The van der Waals surface area contributed by atoms with Gasteiger partial charge in [0.05, 0.1) is 10.5 Å². The van der Waals surface area contributed by atoms with Crippen molar-refractivity contribution in [2.75, 3.05) is 14.1 Å². The monoisotopic (exact) mass is 226 g/mol. The average molecular weight is 227 g/mol. The molecule has 0 heterocycles. The minimum atomic E-state index is -0.425. The van der Waals surface area contributed by atoms with E-state index in [0.29, 0.717) is 10.6 Å². The zero-order valence-corrected chi connectivity index (χ0v) is 9.23. The highest BCUT2D eigenvalue weighted by atomic mass is 35.5. The van der Waals surface area contributed by atoms with Crippen LogP contribution < -0.4 is 0 Å². The quantitative estimate of drug-likeness (QED) is 0.588. The highest BCUT2D eigenvalue weighted by molar-refractivity contribution is 6.30. The van der Waals surface area contributed by atoms with Crippen LogP contribution in [0.4, 0.5) is 5.69 Å². The number of nitro benzene ring substituents is 1. The van der Waals surface area contributed by atoms with Gasteiger partial charge >= 0.3 is 0 Å². The summed E-state index contributed by atoms with van der Waals surface area (Å²) in [5.74, 6) is 0. The molecule has 1 aromatic rings. The average Bonchev–Trinajstić information content (AvgIpc) is 2.14. The molecule has 1 rings (SSSR count). The Bertz CT molecular complexity index is 402. The molecule has 1 aromatic carbocycles. The maximum Gasteiger partial charge on any atom is 0.276 e. The van der Waals surface area contributed by atoms with Crippen LogP contribution in [-0.4, -0.2) is 23.9 Å². The Labute approximate surface area is 92.9 Å². The lowest BCUT2D eigenvalue weighted by Crippen LogP contribution is -2.00. The molecule has 0 aliphatic heterocycles. The van der Waals surface area contributed by atoms with E-state index in [4.69, 9.17) is 11.6 Å². The Morgan fingerprint density at radius 3 is 2.67 bits per heavy atom. The van der Waals surface area contributed by atoms with E-state index < -0.39 is 4.92 Å². The van der Waals surface area contributed by atoms with Crippen molar-refractivity contribution in [3.05, 3.63) is 45.1 Å². The summed E-state index contributed by atoms with van der Waals surface area (Å²) in [6.45, 7) is 0. The Morgan fingerprint density at radius 2 is 2.13 bits per heavy atom.